The van der Waals surface area contributed by atoms with Crippen molar-refractivity contribution in [3.8, 4) is 5.82 Å². The van der Waals surface area contributed by atoms with Crippen molar-refractivity contribution in [2.75, 3.05) is 5.43 Å². The van der Waals surface area contributed by atoms with Crippen LogP contribution in [0.4, 0.5) is 5.82 Å². The highest BCUT2D eigenvalue weighted by atomic mass is 15.3. The molecule has 2 heterocycles. The van der Waals surface area contributed by atoms with Gasteiger partial charge in [0.05, 0.1) is 11.0 Å². The topological polar surface area (TPSA) is 81.6 Å². The van der Waals surface area contributed by atoms with Gasteiger partial charge in [-0.2, -0.15) is 0 Å². The second kappa shape index (κ2) is 4.53. The molecule has 4 rings (SSSR count). The highest BCUT2D eigenvalue weighted by Crippen LogP contribution is 2.39. The van der Waals surface area contributed by atoms with Crippen LogP contribution in [0.5, 0.6) is 0 Å². The molecule has 0 radical (unpaired) electrons. The molecule has 6 heteroatoms. The predicted molar refractivity (Wildman–Crippen MR) is 81.2 cm³/mol. The van der Waals surface area contributed by atoms with Crippen molar-refractivity contribution in [1.29, 1.82) is 0 Å². The summed E-state index contributed by atoms with van der Waals surface area (Å²) >= 11 is 0. The first kappa shape index (κ1) is 12.3. The molecule has 3 N–H and O–H groups in total. The summed E-state index contributed by atoms with van der Waals surface area (Å²) in [6.07, 6.45) is 4.10. The van der Waals surface area contributed by atoms with Gasteiger partial charge in [0.25, 0.3) is 0 Å². The van der Waals surface area contributed by atoms with Gasteiger partial charge in [-0.1, -0.05) is 12.1 Å². The Balaban J connectivity index is 1.96. The Kier molecular flexibility index (Phi) is 2.65. The van der Waals surface area contributed by atoms with E-state index in [0.717, 1.165) is 41.1 Å². The van der Waals surface area contributed by atoms with Crippen LogP contribution in [-0.4, -0.2) is 19.5 Å². The number of hydrogen-bond acceptors (Lipinski definition) is 5. The van der Waals surface area contributed by atoms with Crippen LogP contribution < -0.4 is 11.3 Å². The van der Waals surface area contributed by atoms with Crippen molar-refractivity contribution in [1.82, 2.24) is 19.5 Å². The van der Waals surface area contributed by atoms with Gasteiger partial charge < -0.3 is 5.43 Å². The third kappa shape index (κ3) is 1.95. The van der Waals surface area contributed by atoms with Gasteiger partial charge in [-0.25, -0.2) is 20.8 Å². The molecule has 0 atom stereocenters. The predicted octanol–water partition coefficient (Wildman–Crippen LogP) is 2.29. The van der Waals surface area contributed by atoms with E-state index in [1.807, 2.05) is 35.8 Å². The van der Waals surface area contributed by atoms with Crippen molar-refractivity contribution >= 4 is 16.9 Å². The average Bonchev–Trinajstić information content (AvgIpc) is 3.27. The number of hydrogen-bond donors (Lipinski definition) is 2. The van der Waals surface area contributed by atoms with E-state index >= 15 is 0 Å². The van der Waals surface area contributed by atoms with E-state index in [0.29, 0.717) is 11.7 Å². The molecule has 0 spiro atoms. The Bertz CT molecular complexity index is 818. The fourth-order valence-electron chi connectivity index (χ4n) is 2.55. The van der Waals surface area contributed by atoms with Gasteiger partial charge in [-0.15, -0.1) is 0 Å². The average molecular weight is 280 g/mol. The smallest absolute Gasteiger partial charge is 0.148 e. The Morgan fingerprint density at radius 2 is 2.05 bits per heavy atom. The monoisotopic (exact) mass is 280 g/mol. The zero-order chi connectivity index (χ0) is 14.4. The highest BCUT2D eigenvalue weighted by Gasteiger charge is 2.28. The molecule has 6 nitrogen and oxygen atoms in total. The first-order valence-electron chi connectivity index (χ1n) is 7.05. The minimum Gasteiger partial charge on any atom is -0.308 e. The molecule has 21 heavy (non-hydrogen) atoms. The number of nitrogen functional groups attached to an aromatic ring is 1. The maximum Gasteiger partial charge on any atom is 0.148 e. The van der Waals surface area contributed by atoms with Gasteiger partial charge in [0.15, 0.2) is 0 Å². The molecule has 2 aromatic heterocycles. The summed E-state index contributed by atoms with van der Waals surface area (Å²) in [5.74, 6) is 8.46. The molecule has 3 aromatic rings. The van der Waals surface area contributed by atoms with Crippen LogP contribution in [0.1, 0.15) is 30.1 Å². The largest absolute Gasteiger partial charge is 0.308 e. The summed E-state index contributed by atoms with van der Waals surface area (Å²) in [6, 6.07) is 8.01. The molecule has 0 unspecified atom stereocenters. The standard InChI is InChI=1S/C15H16N6/c1-9-13(20-16)18-14(10-6-7-10)19-15(9)21-8-17-11-4-2-3-5-12(11)21/h2-5,8,10H,6-7,16H2,1H3,(H,18,19,20). The van der Waals surface area contributed by atoms with E-state index < -0.39 is 0 Å². The number of nitrogens with zero attached hydrogens (tertiary/aromatic N) is 4. The van der Waals surface area contributed by atoms with Gasteiger partial charge >= 0.3 is 0 Å². The maximum absolute atomic E-state index is 5.61. The fourth-order valence-corrected chi connectivity index (χ4v) is 2.55. The number of hydrazine groups is 1. The summed E-state index contributed by atoms with van der Waals surface area (Å²) in [7, 11) is 0. The zero-order valence-corrected chi connectivity index (χ0v) is 11.7. The molecule has 1 aliphatic carbocycles. The van der Waals surface area contributed by atoms with Gasteiger partial charge in [-0.3, -0.25) is 4.57 Å². The number of fused-ring (bicyclic) bond motifs is 1. The number of imidazole rings is 1. The minimum absolute atomic E-state index is 0.464. The molecular formula is C15H16N6. The Morgan fingerprint density at radius 1 is 1.24 bits per heavy atom. The molecule has 1 aliphatic rings. The number of benzene rings is 1. The lowest BCUT2D eigenvalue weighted by Crippen LogP contribution is -2.14. The molecule has 0 bridgehead atoms. The molecular weight excluding hydrogens is 264 g/mol. The Hall–Kier alpha value is -2.47. The van der Waals surface area contributed by atoms with Crippen molar-refractivity contribution < 1.29 is 0 Å². The quantitative estimate of drug-likeness (QED) is 0.568. The minimum atomic E-state index is 0.464. The number of anilines is 1. The second-order valence-electron chi connectivity index (χ2n) is 5.40. The van der Waals surface area contributed by atoms with Crippen molar-refractivity contribution in [3.63, 3.8) is 0 Å². The van der Waals surface area contributed by atoms with Gasteiger partial charge in [0.1, 0.15) is 23.8 Å². The molecule has 0 amide bonds. The third-order valence-corrected chi connectivity index (χ3v) is 3.90. The zero-order valence-electron chi connectivity index (χ0n) is 11.7. The number of rotatable bonds is 3. The molecule has 0 saturated heterocycles. The second-order valence-corrected chi connectivity index (χ2v) is 5.40. The van der Waals surface area contributed by atoms with E-state index in [1.54, 1.807) is 6.33 Å². The van der Waals surface area contributed by atoms with Crippen LogP contribution in [0, 0.1) is 6.92 Å². The van der Waals surface area contributed by atoms with Crippen molar-refractivity contribution in [3.05, 3.63) is 42.0 Å². The number of aromatic nitrogens is 4. The van der Waals surface area contributed by atoms with Crippen LogP contribution in [0.2, 0.25) is 0 Å². The first-order valence-corrected chi connectivity index (χ1v) is 7.05. The Morgan fingerprint density at radius 3 is 2.81 bits per heavy atom. The summed E-state index contributed by atoms with van der Waals surface area (Å²) in [5.41, 5.74) is 5.59. The third-order valence-electron chi connectivity index (χ3n) is 3.90. The van der Waals surface area contributed by atoms with Crippen LogP contribution in [0.25, 0.3) is 16.9 Å². The van der Waals surface area contributed by atoms with E-state index in [-0.39, 0.29) is 0 Å². The van der Waals surface area contributed by atoms with Gasteiger partial charge in [0.2, 0.25) is 0 Å². The van der Waals surface area contributed by atoms with Crippen LogP contribution in [0.15, 0.2) is 30.6 Å². The summed E-state index contributed by atoms with van der Waals surface area (Å²) in [4.78, 5) is 13.7. The first-order chi connectivity index (χ1) is 10.3. The highest BCUT2D eigenvalue weighted by molar-refractivity contribution is 5.77. The van der Waals surface area contributed by atoms with E-state index in [2.05, 4.69) is 15.4 Å². The number of para-hydroxylation sites is 2. The normalized spacial score (nSPS) is 14.6. The maximum atomic E-state index is 5.61. The van der Waals surface area contributed by atoms with E-state index in [1.165, 1.54) is 0 Å². The van der Waals surface area contributed by atoms with Gasteiger partial charge in [-0.05, 0) is 31.9 Å². The number of nitrogens with one attached hydrogen (secondary N) is 1. The lowest BCUT2D eigenvalue weighted by molar-refractivity contribution is 0.874. The lowest BCUT2D eigenvalue weighted by Gasteiger charge is -2.13. The Labute approximate surface area is 122 Å². The van der Waals surface area contributed by atoms with Crippen molar-refractivity contribution in [2.45, 2.75) is 25.7 Å². The summed E-state index contributed by atoms with van der Waals surface area (Å²) in [6.45, 7) is 1.97. The van der Waals surface area contributed by atoms with E-state index in [9.17, 15) is 0 Å². The van der Waals surface area contributed by atoms with Crippen LogP contribution in [0.3, 0.4) is 0 Å². The summed E-state index contributed by atoms with van der Waals surface area (Å²) < 4.78 is 2.00. The molecule has 106 valence electrons. The molecule has 0 aliphatic heterocycles. The molecule has 1 fully saturated rings. The number of nitrogens with two attached hydrogens (primary N) is 1. The molecule has 1 aromatic carbocycles. The molecule has 1 saturated carbocycles. The van der Waals surface area contributed by atoms with Crippen molar-refractivity contribution in [2.24, 2.45) is 5.84 Å². The summed E-state index contributed by atoms with van der Waals surface area (Å²) in [5, 5.41) is 0. The fraction of sp³-hybridized carbons (Fsp3) is 0.267. The SMILES string of the molecule is Cc1c(NN)nc(C2CC2)nc1-n1cnc2ccccc21. The van der Waals surface area contributed by atoms with Crippen LogP contribution >= 0.6 is 0 Å². The van der Waals surface area contributed by atoms with Gasteiger partial charge in [0, 0.05) is 11.5 Å². The lowest BCUT2D eigenvalue weighted by atomic mass is 10.2. The van der Waals surface area contributed by atoms with Crippen LogP contribution in [-0.2, 0) is 0 Å². The van der Waals surface area contributed by atoms with E-state index in [4.69, 9.17) is 10.8 Å².